The zero-order chi connectivity index (χ0) is 22.9. The van der Waals surface area contributed by atoms with Crippen LogP contribution in [0.25, 0.3) is 11.3 Å². The van der Waals surface area contributed by atoms with Crippen molar-refractivity contribution < 1.29 is 18.7 Å². The number of rotatable bonds is 10. The zero-order valence-electron chi connectivity index (χ0n) is 17.2. The number of nitrogens with one attached hydrogen (secondary N) is 3. The van der Waals surface area contributed by atoms with Gasteiger partial charge in [0.15, 0.2) is 11.5 Å². The van der Waals surface area contributed by atoms with Crippen LogP contribution < -0.4 is 25.8 Å². The normalized spacial score (nSPS) is 10.3. The average molecular weight is 440 g/mol. The number of ether oxygens (including phenoxy) is 2. The molecule has 0 fully saturated rings. The molecule has 12 heteroatoms. The van der Waals surface area contributed by atoms with Crippen LogP contribution in [0, 0.1) is 17.1 Å². The summed E-state index contributed by atoms with van der Waals surface area (Å²) in [6.45, 7) is 0.516. The van der Waals surface area contributed by atoms with Crippen LogP contribution in [0.4, 0.5) is 16.0 Å². The van der Waals surface area contributed by atoms with E-state index in [9.17, 15) is 9.18 Å². The number of nitriles is 1. The van der Waals surface area contributed by atoms with Crippen LogP contribution in [-0.2, 0) is 4.79 Å². The van der Waals surface area contributed by atoms with Gasteiger partial charge in [0, 0.05) is 24.7 Å². The summed E-state index contributed by atoms with van der Waals surface area (Å²) < 4.78 is 25.2. The molecule has 1 amide bonds. The monoisotopic (exact) mass is 440 g/mol. The SMILES string of the molecule is COc1cc(F)cc(OCCCNC(=O)CN)c1-c1cc(Nc2cnc(C#N)cn2)n[nH]1. The molecule has 3 aromatic rings. The minimum Gasteiger partial charge on any atom is -0.496 e. The molecule has 0 aliphatic heterocycles. The summed E-state index contributed by atoms with van der Waals surface area (Å²) in [6.07, 6.45) is 3.24. The molecule has 0 aliphatic rings. The Hall–Kier alpha value is -4.24. The quantitative estimate of drug-likeness (QED) is 0.342. The summed E-state index contributed by atoms with van der Waals surface area (Å²) in [5, 5.41) is 21.4. The number of methoxy groups -OCH3 is 1. The maximum Gasteiger partial charge on any atom is 0.233 e. The summed E-state index contributed by atoms with van der Waals surface area (Å²) >= 11 is 0. The molecule has 0 radical (unpaired) electrons. The lowest BCUT2D eigenvalue weighted by molar-refractivity contribution is -0.119. The Balaban J connectivity index is 1.77. The van der Waals surface area contributed by atoms with Crippen molar-refractivity contribution in [3.8, 4) is 28.8 Å². The van der Waals surface area contributed by atoms with E-state index in [1.54, 1.807) is 6.07 Å². The standard InChI is InChI=1S/C20H21FN8O3/c1-31-15-5-12(21)6-16(32-4-2-3-24-19(30)9-23)20(15)14-7-17(29-28-14)27-18-11-25-13(8-22)10-26-18/h5-7,10-11H,2-4,9,23H2,1H3,(H,24,30)(H2,26,27,28,29). The second-order valence-corrected chi connectivity index (χ2v) is 6.43. The molecule has 0 spiro atoms. The lowest BCUT2D eigenvalue weighted by Gasteiger charge is -2.14. The van der Waals surface area contributed by atoms with Crippen LogP contribution in [0.5, 0.6) is 11.5 Å². The van der Waals surface area contributed by atoms with Crippen LogP contribution in [0.1, 0.15) is 12.1 Å². The maximum atomic E-state index is 14.1. The van der Waals surface area contributed by atoms with E-state index < -0.39 is 5.82 Å². The fourth-order valence-corrected chi connectivity index (χ4v) is 2.75. The number of hydrogen-bond donors (Lipinski definition) is 4. The van der Waals surface area contributed by atoms with Gasteiger partial charge in [-0.05, 0) is 6.42 Å². The van der Waals surface area contributed by atoms with Gasteiger partial charge in [0.2, 0.25) is 5.91 Å². The number of amides is 1. The highest BCUT2D eigenvalue weighted by Crippen LogP contribution is 2.39. The molecule has 32 heavy (non-hydrogen) atoms. The first-order chi connectivity index (χ1) is 15.5. The summed E-state index contributed by atoms with van der Waals surface area (Å²) in [7, 11) is 1.42. The highest BCUT2D eigenvalue weighted by molar-refractivity contribution is 5.77. The van der Waals surface area contributed by atoms with Gasteiger partial charge in [-0.3, -0.25) is 9.89 Å². The van der Waals surface area contributed by atoms with Gasteiger partial charge < -0.3 is 25.8 Å². The zero-order valence-corrected chi connectivity index (χ0v) is 17.2. The Labute approximate surface area is 182 Å². The molecule has 0 unspecified atom stereocenters. The van der Waals surface area contributed by atoms with Gasteiger partial charge in [-0.25, -0.2) is 14.4 Å². The summed E-state index contributed by atoms with van der Waals surface area (Å²) in [5.74, 6) is 0.528. The minimum absolute atomic E-state index is 0.0870. The van der Waals surface area contributed by atoms with Crippen molar-refractivity contribution >= 4 is 17.5 Å². The van der Waals surface area contributed by atoms with Crippen molar-refractivity contribution in [2.75, 3.05) is 32.1 Å². The number of anilines is 2. The third-order valence-electron chi connectivity index (χ3n) is 4.21. The first-order valence-electron chi connectivity index (χ1n) is 9.56. The van der Waals surface area contributed by atoms with Crippen molar-refractivity contribution in [1.82, 2.24) is 25.5 Å². The van der Waals surface area contributed by atoms with Gasteiger partial charge in [-0.15, -0.1) is 0 Å². The van der Waals surface area contributed by atoms with Gasteiger partial charge in [0.1, 0.15) is 29.2 Å². The molecule has 0 saturated heterocycles. The van der Waals surface area contributed by atoms with Crippen LogP contribution in [0.2, 0.25) is 0 Å². The molecule has 0 atom stereocenters. The molecule has 1 aromatic carbocycles. The molecule has 166 valence electrons. The maximum absolute atomic E-state index is 14.1. The van der Waals surface area contributed by atoms with Gasteiger partial charge in [-0.2, -0.15) is 10.4 Å². The fraction of sp³-hybridized carbons (Fsp3) is 0.250. The van der Waals surface area contributed by atoms with Crippen molar-refractivity contribution in [3.63, 3.8) is 0 Å². The molecule has 2 heterocycles. The fourth-order valence-electron chi connectivity index (χ4n) is 2.75. The Morgan fingerprint density at radius 3 is 2.75 bits per heavy atom. The van der Waals surface area contributed by atoms with Gasteiger partial charge in [-0.1, -0.05) is 0 Å². The summed E-state index contributed by atoms with van der Waals surface area (Å²) in [4.78, 5) is 19.2. The van der Waals surface area contributed by atoms with Crippen LogP contribution in [0.3, 0.4) is 0 Å². The van der Waals surface area contributed by atoms with Gasteiger partial charge in [0.05, 0.1) is 43.9 Å². The number of benzene rings is 1. The van der Waals surface area contributed by atoms with Crippen molar-refractivity contribution in [2.24, 2.45) is 5.73 Å². The smallest absolute Gasteiger partial charge is 0.233 e. The number of halogens is 1. The third kappa shape index (κ3) is 5.67. The van der Waals surface area contributed by atoms with Crippen LogP contribution in [0.15, 0.2) is 30.6 Å². The molecular formula is C20H21FN8O3. The Morgan fingerprint density at radius 2 is 2.06 bits per heavy atom. The molecule has 0 aliphatic carbocycles. The minimum atomic E-state index is -0.525. The average Bonchev–Trinajstić information content (AvgIpc) is 3.26. The van der Waals surface area contributed by atoms with E-state index in [1.807, 2.05) is 6.07 Å². The molecule has 5 N–H and O–H groups in total. The van der Waals surface area contributed by atoms with Crippen molar-refractivity contribution in [3.05, 3.63) is 42.1 Å². The highest BCUT2D eigenvalue weighted by Gasteiger charge is 2.18. The highest BCUT2D eigenvalue weighted by atomic mass is 19.1. The Kier molecular flexibility index (Phi) is 7.50. The summed E-state index contributed by atoms with van der Waals surface area (Å²) in [6, 6.07) is 6.05. The van der Waals surface area contributed by atoms with E-state index in [0.717, 1.165) is 0 Å². The number of nitrogens with two attached hydrogens (primary N) is 1. The van der Waals surface area contributed by atoms with E-state index in [-0.39, 0.29) is 36.3 Å². The van der Waals surface area contributed by atoms with E-state index in [1.165, 1.54) is 31.6 Å². The molecule has 0 saturated carbocycles. The number of carbonyl (C=O) groups excluding carboxylic acids is 1. The Morgan fingerprint density at radius 1 is 1.25 bits per heavy atom. The van der Waals surface area contributed by atoms with E-state index in [0.29, 0.717) is 35.9 Å². The first kappa shape index (κ1) is 22.4. The molecule has 2 aromatic heterocycles. The second kappa shape index (κ2) is 10.7. The molecule has 11 nitrogen and oxygen atoms in total. The number of aromatic nitrogens is 4. The number of carbonyl (C=O) groups is 1. The predicted molar refractivity (Wildman–Crippen MR) is 113 cm³/mol. The summed E-state index contributed by atoms with van der Waals surface area (Å²) in [5.41, 5.74) is 6.42. The third-order valence-corrected chi connectivity index (χ3v) is 4.21. The van der Waals surface area contributed by atoms with E-state index in [2.05, 4.69) is 30.8 Å². The molecule has 3 rings (SSSR count). The lowest BCUT2D eigenvalue weighted by Crippen LogP contribution is -2.31. The molecular weight excluding hydrogens is 419 g/mol. The van der Waals surface area contributed by atoms with Crippen LogP contribution in [-0.4, -0.2) is 52.9 Å². The number of hydrogen-bond acceptors (Lipinski definition) is 9. The van der Waals surface area contributed by atoms with E-state index >= 15 is 0 Å². The number of H-pyrrole nitrogens is 1. The lowest BCUT2D eigenvalue weighted by atomic mass is 10.1. The second-order valence-electron chi connectivity index (χ2n) is 6.43. The largest absolute Gasteiger partial charge is 0.496 e. The van der Waals surface area contributed by atoms with Crippen molar-refractivity contribution in [1.29, 1.82) is 5.26 Å². The first-order valence-corrected chi connectivity index (χ1v) is 9.56. The predicted octanol–water partition coefficient (Wildman–Crippen LogP) is 1.47. The topological polar surface area (TPSA) is 164 Å². The molecule has 0 bridgehead atoms. The van der Waals surface area contributed by atoms with Gasteiger partial charge >= 0.3 is 0 Å². The van der Waals surface area contributed by atoms with Crippen LogP contribution >= 0.6 is 0 Å². The van der Waals surface area contributed by atoms with Crippen molar-refractivity contribution in [2.45, 2.75) is 6.42 Å². The number of nitrogens with zero attached hydrogens (tertiary/aromatic N) is 4. The Bertz CT molecular complexity index is 1110. The van der Waals surface area contributed by atoms with Gasteiger partial charge in [0.25, 0.3) is 0 Å². The number of aromatic amines is 1. The van der Waals surface area contributed by atoms with E-state index in [4.69, 9.17) is 20.5 Å².